The number of hydrogen-bond acceptors (Lipinski definition) is 13. The fraction of sp³-hybridized carbons (Fsp3) is 0.391. The summed E-state index contributed by atoms with van der Waals surface area (Å²) in [4.78, 5) is 23.3. The van der Waals surface area contributed by atoms with Gasteiger partial charge in [0.1, 0.15) is 47.7 Å². The van der Waals surface area contributed by atoms with Gasteiger partial charge in [-0.3, -0.25) is 4.79 Å². The van der Waals surface area contributed by atoms with E-state index in [2.05, 4.69) is 0 Å². The molecular weight excluding hydrogens is 500 g/mol. The number of hydrogen-bond donors (Lipinski definition) is 9. The van der Waals surface area contributed by atoms with Crippen molar-refractivity contribution >= 4 is 11.8 Å². The second-order valence-corrected chi connectivity index (χ2v) is 7.51. The molecule has 0 aliphatic carbocycles. The molecule has 0 amide bonds. The van der Waals surface area contributed by atoms with Gasteiger partial charge in [0.2, 0.25) is 12.1 Å². The number of aliphatic hydroxyl groups is 4. The van der Waals surface area contributed by atoms with Gasteiger partial charge in [-0.25, -0.2) is 4.79 Å². The molecule has 2 aliphatic rings. The number of rotatable bonds is 3. The maximum Gasteiger partial charge on any atom is 0.335 e. The number of fused-ring (bicyclic) bond motifs is 1. The molecule has 37 heavy (non-hydrogen) atoms. The summed E-state index contributed by atoms with van der Waals surface area (Å²) in [6, 6.07) is 6.10. The average molecular weight is 528 g/mol. The quantitative estimate of drug-likeness (QED) is 0.227. The number of carboxylic acids is 1. The highest BCUT2D eigenvalue weighted by Crippen LogP contribution is 2.38. The number of aliphatic hydroxyl groups excluding tert-OH is 4. The van der Waals surface area contributed by atoms with Crippen LogP contribution in [-0.2, 0) is 9.53 Å². The Morgan fingerprint density at radius 3 is 2.08 bits per heavy atom. The van der Waals surface area contributed by atoms with E-state index in [9.17, 15) is 35.1 Å². The van der Waals surface area contributed by atoms with E-state index < -0.39 is 54.3 Å². The molecule has 4 rings (SSSR count). The molecule has 0 saturated carbocycles. The number of carboxylic acid groups (broad SMARTS) is 1. The highest BCUT2D eigenvalue weighted by molar-refractivity contribution is 6.05. The smallest absolute Gasteiger partial charge is 0.335 e. The van der Waals surface area contributed by atoms with Crippen molar-refractivity contribution in [2.75, 3.05) is 6.61 Å². The molecule has 2 aromatic rings. The predicted molar refractivity (Wildman–Crippen MR) is 122 cm³/mol. The Balaban J connectivity index is 0.000000367. The molecule has 0 radical (unpaired) electrons. The predicted octanol–water partition coefficient (Wildman–Crippen LogP) is -0.571. The Kier molecular flexibility index (Phi) is 9.88. The third kappa shape index (κ3) is 6.49. The first-order valence-electron chi connectivity index (χ1n) is 10.9. The summed E-state index contributed by atoms with van der Waals surface area (Å²) < 4.78 is 15.4. The van der Waals surface area contributed by atoms with Gasteiger partial charge < -0.3 is 60.2 Å². The SMILES string of the molecule is CC.O=C(O)C1OC(Oc2cc(O)cc3c2C(=O)[C@H](O)CO3)C(O)C(O)C1O.Oc1cccc(O)c1O. The molecule has 2 aromatic carbocycles. The van der Waals surface area contributed by atoms with Gasteiger partial charge in [-0.2, -0.15) is 0 Å². The average Bonchev–Trinajstić information content (AvgIpc) is 2.86. The number of para-hydroxylation sites is 1. The number of carbonyl (C=O) groups excluding carboxylic acids is 1. The van der Waals surface area contributed by atoms with Gasteiger partial charge >= 0.3 is 5.97 Å². The van der Waals surface area contributed by atoms with Crippen LogP contribution in [0.2, 0.25) is 0 Å². The van der Waals surface area contributed by atoms with Crippen molar-refractivity contribution in [3.05, 3.63) is 35.9 Å². The number of phenolic OH excluding ortho intramolecular Hbond substituents is 4. The van der Waals surface area contributed by atoms with Gasteiger partial charge in [-0.15, -0.1) is 0 Å². The summed E-state index contributed by atoms with van der Waals surface area (Å²) in [5, 5.41) is 83.9. The van der Waals surface area contributed by atoms with Gasteiger partial charge in [0.25, 0.3) is 0 Å². The molecule has 0 spiro atoms. The van der Waals surface area contributed by atoms with Crippen molar-refractivity contribution in [3.8, 4) is 34.5 Å². The van der Waals surface area contributed by atoms with E-state index in [0.29, 0.717) is 0 Å². The van der Waals surface area contributed by atoms with Gasteiger partial charge in [-0.05, 0) is 12.1 Å². The van der Waals surface area contributed by atoms with Crippen molar-refractivity contribution < 1.29 is 69.8 Å². The zero-order valence-electron chi connectivity index (χ0n) is 19.6. The van der Waals surface area contributed by atoms with Crippen molar-refractivity contribution in [2.24, 2.45) is 0 Å². The van der Waals surface area contributed by atoms with Crippen LogP contribution in [0.1, 0.15) is 24.2 Å². The monoisotopic (exact) mass is 528 g/mol. The molecule has 2 heterocycles. The normalized spacial score (nSPS) is 26.3. The number of benzene rings is 2. The lowest BCUT2D eigenvalue weighted by Crippen LogP contribution is -2.61. The fourth-order valence-electron chi connectivity index (χ4n) is 3.23. The van der Waals surface area contributed by atoms with Crippen molar-refractivity contribution in [1.29, 1.82) is 0 Å². The third-order valence-corrected chi connectivity index (χ3v) is 5.05. The summed E-state index contributed by atoms with van der Waals surface area (Å²) >= 11 is 0. The second kappa shape index (κ2) is 12.4. The minimum Gasteiger partial charge on any atom is -0.508 e. The maximum atomic E-state index is 12.2. The lowest BCUT2D eigenvalue weighted by atomic mass is 9.98. The first-order chi connectivity index (χ1) is 17.4. The van der Waals surface area contributed by atoms with E-state index in [1.165, 1.54) is 18.2 Å². The minimum absolute atomic E-state index is 0.0871. The minimum atomic E-state index is -1.91. The van der Waals surface area contributed by atoms with E-state index in [4.69, 9.17) is 34.6 Å². The van der Waals surface area contributed by atoms with Crippen molar-refractivity contribution in [3.63, 3.8) is 0 Å². The lowest BCUT2D eigenvalue weighted by molar-refractivity contribution is -0.271. The number of Topliss-reactive ketones (excluding diaryl/α,β-unsaturated/α-hetero) is 1. The first kappa shape index (κ1) is 29.4. The van der Waals surface area contributed by atoms with Crippen LogP contribution < -0.4 is 9.47 Å². The fourth-order valence-corrected chi connectivity index (χ4v) is 3.23. The molecule has 0 bridgehead atoms. The zero-order chi connectivity index (χ0) is 28.0. The van der Waals surface area contributed by atoms with Gasteiger partial charge in [-0.1, -0.05) is 19.9 Å². The van der Waals surface area contributed by atoms with Crippen LogP contribution in [0.4, 0.5) is 0 Å². The second-order valence-electron chi connectivity index (χ2n) is 7.51. The Morgan fingerprint density at radius 2 is 1.54 bits per heavy atom. The number of carbonyl (C=O) groups is 2. The summed E-state index contributed by atoms with van der Waals surface area (Å²) in [6.45, 7) is 3.67. The molecule has 0 aromatic heterocycles. The summed E-state index contributed by atoms with van der Waals surface area (Å²) in [5.41, 5.74) is -0.246. The molecule has 1 saturated heterocycles. The van der Waals surface area contributed by atoms with E-state index in [-0.39, 0.29) is 40.9 Å². The van der Waals surface area contributed by atoms with Crippen LogP contribution in [0.5, 0.6) is 34.5 Å². The molecule has 2 aliphatic heterocycles. The molecule has 6 atom stereocenters. The molecule has 14 nitrogen and oxygen atoms in total. The molecular formula is C23H28O14. The van der Waals surface area contributed by atoms with E-state index in [1.54, 1.807) is 0 Å². The molecule has 5 unspecified atom stereocenters. The van der Waals surface area contributed by atoms with Crippen LogP contribution in [0.25, 0.3) is 0 Å². The molecule has 204 valence electrons. The summed E-state index contributed by atoms with van der Waals surface area (Å²) in [7, 11) is 0. The molecule has 1 fully saturated rings. The molecule has 9 N–H and O–H groups in total. The highest BCUT2D eigenvalue weighted by atomic mass is 16.7. The number of ether oxygens (including phenoxy) is 3. The Bertz CT molecular complexity index is 1080. The number of phenols is 4. The van der Waals surface area contributed by atoms with E-state index in [0.717, 1.165) is 12.1 Å². The van der Waals surface area contributed by atoms with Crippen LogP contribution in [0.3, 0.4) is 0 Å². The largest absolute Gasteiger partial charge is 0.508 e. The van der Waals surface area contributed by atoms with Crippen molar-refractivity contribution in [1.82, 2.24) is 0 Å². The van der Waals surface area contributed by atoms with Gasteiger partial charge in [0.15, 0.2) is 29.5 Å². The van der Waals surface area contributed by atoms with E-state index >= 15 is 0 Å². The van der Waals surface area contributed by atoms with Crippen LogP contribution >= 0.6 is 0 Å². The van der Waals surface area contributed by atoms with Crippen LogP contribution in [-0.4, -0.2) is 101 Å². The Morgan fingerprint density at radius 1 is 0.946 bits per heavy atom. The number of aliphatic carboxylic acids is 1. The lowest BCUT2D eigenvalue weighted by Gasteiger charge is -2.38. The highest BCUT2D eigenvalue weighted by Gasteiger charge is 2.48. The van der Waals surface area contributed by atoms with Crippen LogP contribution in [0, 0.1) is 0 Å². The summed E-state index contributed by atoms with van der Waals surface area (Å²) in [5.74, 6) is -4.30. The Hall–Kier alpha value is -3.82. The maximum absolute atomic E-state index is 12.2. The Labute approximate surface area is 209 Å². The zero-order valence-corrected chi connectivity index (χ0v) is 19.6. The van der Waals surface area contributed by atoms with Crippen LogP contribution in [0.15, 0.2) is 30.3 Å². The van der Waals surface area contributed by atoms with Gasteiger partial charge in [0, 0.05) is 12.1 Å². The van der Waals surface area contributed by atoms with E-state index in [1.807, 2.05) is 13.8 Å². The third-order valence-electron chi connectivity index (χ3n) is 5.05. The first-order valence-corrected chi connectivity index (χ1v) is 10.9. The van der Waals surface area contributed by atoms with Crippen molar-refractivity contribution in [2.45, 2.75) is 50.7 Å². The van der Waals surface area contributed by atoms with Gasteiger partial charge in [0.05, 0.1) is 0 Å². The topological polar surface area (TPSA) is 244 Å². The standard InChI is InChI=1S/C15H16O11.C6H6O3.C2H6/c16-4-1-6-8(9(18)5(17)3-24-6)7(2-4)25-15-12(21)10(19)11(20)13(26-15)14(22)23;7-4-2-1-3-5(8)6(4)9;1-2/h1-2,5,10-13,15-17,19-21H,3H2,(H,22,23);1-3,7-9H;1-2H3/t5-,10?,11?,12?,13?,15?;;/m1../s1. The number of ketones is 1. The summed E-state index contributed by atoms with van der Waals surface area (Å²) in [6.07, 6.45) is -10.8. The molecule has 14 heteroatoms. The number of aromatic hydroxyl groups is 4.